The van der Waals surface area contributed by atoms with Crippen LogP contribution in [0.3, 0.4) is 0 Å². The summed E-state index contributed by atoms with van der Waals surface area (Å²) in [5, 5.41) is 26.9. The quantitative estimate of drug-likeness (QED) is 0.403. The van der Waals surface area contributed by atoms with Crippen LogP contribution in [0.2, 0.25) is 0 Å². The summed E-state index contributed by atoms with van der Waals surface area (Å²) in [6.45, 7) is 0.297. The van der Waals surface area contributed by atoms with E-state index in [0.29, 0.717) is 6.61 Å². The van der Waals surface area contributed by atoms with Gasteiger partial charge in [-0.3, -0.25) is 4.79 Å². The average Bonchev–Trinajstić information content (AvgIpc) is 2.41. The number of aliphatic carboxylic acids is 1. The summed E-state index contributed by atoms with van der Waals surface area (Å²) in [4.78, 5) is 10.3. The molecule has 0 aromatic heterocycles. The van der Waals surface area contributed by atoms with Gasteiger partial charge < -0.3 is 15.3 Å². The fraction of sp³-hybridized carbons (Fsp3) is 0.938. The van der Waals surface area contributed by atoms with E-state index in [1.54, 1.807) is 0 Å². The van der Waals surface area contributed by atoms with E-state index in [4.69, 9.17) is 10.2 Å². The smallest absolute Gasteiger partial charge is 0.303 e. The third-order valence-electron chi connectivity index (χ3n) is 3.62. The van der Waals surface area contributed by atoms with Crippen LogP contribution in [0.15, 0.2) is 0 Å². The minimum absolute atomic E-state index is 0.188. The molecule has 20 heavy (non-hydrogen) atoms. The molecule has 0 aromatic carbocycles. The molecule has 0 aliphatic carbocycles. The Morgan fingerprint density at radius 1 is 0.750 bits per heavy atom. The maximum Gasteiger partial charge on any atom is 0.303 e. The van der Waals surface area contributed by atoms with Gasteiger partial charge in [0.25, 0.3) is 0 Å². The largest absolute Gasteiger partial charge is 0.481 e. The van der Waals surface area contributed by atoms with Gasteiger partial charge in [-0.15, -0.1) is 0 Å². The number of hydrogen-bond donors (Lipinski definition) is 3. The van der Waals surface area contributed by atoms with Crippen LogP contribution in [0.1, 0.15) is 83.5 Å². The fourth-order valence-electron chi connectivity index (χ4n) is 2.35. The Hall–Kier alpha value is -0.610. The second-order valence-electron chi connectivity index (χ2n) is 5.63. The lowest BCUT2D eigenvalue weighted by Gasteiger charge is -2.10. The molecule has 4 heteroatoms. The first-order valence-electron chi connectivity index (χ1n) is 8.17. The Morgan fingerprint density at radius 3 is 1.70 bits per heavy atom. The first-order valence-corrected chi connectivity index (χ1v) is 8.17. The molecule has 0 bridgehead atoms. The van der Waals surface area contributed by atoms with Gasteiger partial charge in [-0.1, -0.05) is 51.4 Å². The third-order valence-corrected chi connectivity index (χ3v) is 3.62. The SMILES string of the molecule is O=C(O)CCCCCCC(O)CCCCCCCCO. The van der Waals surface area contributed by atoms with Gasteiger partial charge in [0.1, 0.15) is 0 Å². The molecule has 0 aromatic rings. The summed E-state index contributed by atoms with van der Waals surface area (Å²) in [5.74, 6) is -0.718. The molecule has 0 saturated carbocycles. The predicted octanol–water partition coefficient (Wildman–Crippen LogP) is 3.50. The molecular weight excluding hydrogens is 256 g/mol. The molecule has 1 unspecified atom stereocenters. The van der Waals surface area contributed by atoms with Gasteiger partial charge in [-0.05, 0) is 25.7 Å². The number of aliphatic hydroxyl groups is 2. The molecule has 0 rings (SSSR count). The zero-order valence-electron chi connectivity index (χ0n) is 12.7. The molecule has 3 N–H and O–H groups in total. The van der Waals surface area contributed by atoms with Gasteiger partial charge in [-0.25, -0.2) is 0 Å². The molecule has 0 aliphatic heterocycles. The van der Waals surface area contributed by atoms with Crippen LogP contribution >= 0.6 is 0 Å². The Kier molecular flexibility index (Phi) is 14.3. The molecule has 0 radical (unpaired) electrons. The van der Waals surface area contributed by atoms with Crippen LogP contribution in [-0.4, -0.2) is 34.0 Å². The van der Waals surface area contributed by atoms with E-state index in [0.717, 1.165) is 57.8 Å². The zero-order chi connectivity index (χ0) is 15.1. The van der Waals surface area contributed by atoms with Crippen molar-refractivity contribution in [3.63, 3.8) is 0 Å². The molecule has 0 heterocycles. The van der Waals surface area contributed by atoms with Crippen molar-refractivity contribution >= 4 is 5.97 Å². The van der Waals surface area contributed by atoms with Crippen molar-refractivity contribution in [1.82, 2.24) is 0 Å². The lowest BCUT2D eigenvalue weighted by atomic mass is 10.0. The second kappa shape index (κ2) is 14.8. The van der Waals surface area contributed by atoms with Crippen LogP contribution in [0.5, 0.6) is 0 Å². The van der Waals surface area contributed by atoms with Crippen molar-refractivity contribution in [1.29, 1.82) is 0 Å². The highest BCUT2D eigenvalue weighted by molar-refractivity contribution is 5.66. The maximum absolute atomic E-state index is 10.3. The van der Waals surface area contributed by atoms with Gasteiger partial charge >= 0.3 is 5.97 Å². The van der Waals surface area contributed by atoms with E-state index in [1.807, 2.05) is 0 Å². The molecule has 0 aliphatic rings. The van der Waals surface area contributed by atoms with Crippen LogP contribution in [0, 0.1) is 0 Å². The Bertz CT molecular complexity index is 219. The van der Waals surface area contributed by atoms with Gasteiger partial charge in [0.2, 0.25) is 0 Å². The molecule has 0 amide bonds. The summed E-state index contributed by atoms with van der Waals surface area (Å²) >= 11 is 0. The van der Waals surface area contributed by atoms with Crippen LogP contribution in [0.25, 0.3) is 0 Å². The first kappa shape index (κ1) is 19.4. The van der Waals surface area contributed by atoms with Crippen molar-refractivity contribution in [2.45, 2.75) is 89.6 Å². The zero-order valence-corrected chi connectivity index (χ0v) is 12.7. The topological polar surface area (TPSA) is 77.8 Å². The van der Waals surface area contributed by atoms with E-state index in [-0.39, 0.29) is 12.5 Å². The maximum atomic E-state index is 10.3. The van der Waals surface area contributed by atoms with E-state index in [1.165, 1.54) is 19.3 Å². The molecular formula is C16H32O4. The Morgan fingerprint density at radius 2 is 1.20 bits per heavy atom. The fourth-order valence-corrected chi connectivity index (χ4v) is 2.35. The minimum atomic E-state index is -0.718. The lowest BCUT2D eigenvalue weighted by molar-refractivity contribution is -0.137. The molecule has 0 saturated heterocycles. The number of carboxylic acid groups (broad SMARTS) is 1. The highest BCUT2D eigenvalue weighted by atomic mass is 16.4. The summed E-state index contributed by atoms with van der Waals surface area (Å²) in [6.07, 6.45) is 12.2. The third kappa shape index (κ3) is 15.4. The highest BCUT2D eigenvalue weighted by Gasteiger charge is 2.04. The number of carboxylic acids is 1. The highest BCUT2D eigenvalue weighted by Crippen LogP contribution is 2.13. The van der Waals surface area contributed by atoms with Crippen molar-refractivity contribution in [3.05, 3.63) is 0 Å². The Labute approximate surface area is 123 Å². The predicted molar refractivity (Wildman–Crippen MR) is 80.7 cm³/mol. The number of aliphatic hydroxyl groups excluding tert-OH is 2. The van der Waals surface area contributed by atoms with Crippen molar-refractivity contribution in [3.8, 4) is 0 Å². The average molecular weight is 288 g/mol. The van der Waals surface area contributed by atoms with E-state index in [9.17, 15) is 9.90 Å². The molecule has 4 nitrogen and oxygen atoms in total. The van der Waals surface area contributed by atoms with Gasteiger partial charge in [0.05, 0.1) is 6.10 Å². The van der Waals surface area contributed by atoms with Crippen molar-refractivity contribution in [2.75, 3.05) is 6.61 Å². The first-order chi connectivity index (χ1) is 9.66. The van der Waals surface area contributed by atoms with Crippen molar-refractivity contribution < 1.29 is 20.1 Å². The molecule has 0 fully saturated rings. The van der Waals surface area contributed by atoms with Crippen LogP contribution < -0.4 is 0 Å². The van der Waals surface area contributed by atoms with Crippen molar-refractivity contribution in [2.24, 2.45) is 0 Å². The monoisotopic (exact) mass is 288 g/mol. The summed E-state index contributed by atoms with van der Waals surface area (Å²) in [5.41, 5.74) is 0. The number of rotatable bonds is 15. The Balaban J connectivity index is 3.16. The number of unbranched alkanes of at least 4 members (excludes halogenated alkanes) is 8. The van der Waals surface area contributed by atoms with Gasteiger partial charge in [0, 0.05) is 13.0 Å². The van der Waals surface area contributed by atoms with E-state index >= 15 is 0 Å². The van der Waals surface area contributed by atoms with Crippen LogP contribution in [-0.2, 0) is 4.79 Å². The normalized spacial score (nSPS) is 12.5. The minimum Gasteiger partial charge on any atom is -0.481 e. The number of carbonyl (C=O) groups is 1. The summed E-state index contributed by atoms with van der Waals surface area (Å²) < 4.78 is 0. The van der Waals surface area contributed by atoms with Gasteiger partial charge in [-0.2, -0.15) is 0 Å². The van der Waals surface area contributed by atoms with E-state index < -0.39 is 5.97 Å². The van der Waals surface area contributed by atoms with Gasteiger partial charge in [0.15, 0.2) is 0 Å². The summed E-state index contributed by atoms with van der Waals surface area (Å²) in [6, 6.07) is 0. The molecule has 120 valence electrons. The van der Waals surface area contributed by atoms with E-state index in [2.05, 4.69) is 0 Å². The lowest BCUT2D eigenvalue weighted by Crippen LogP contribution is -2.06. The summed E-state index contributed by atoms with van der Waals surface area (Å²) in [7, 11) is 0. The number of hydrogen-bond acceptors (Lipinski definition) is 3. The second-order valence-corrected chi connectivity index (χ2v) is 5.63. The molecule has 1 atom stereocenters. The molecule has 0 spiro atoms. The van der Waals surface area contributed by atoms with Crippen LogP contribution in [0.4, 0.5) is 0 Å². The standard InChI is InChI=1S/C16H32O4/c17-14-10-6-2-1-3-7-11-15(18)12-8-4-5-9-13-16(19)20/h15,17-18H,1-14H2,(H,19,20).